The van der Waals surface area contributed by atoms with Gasteiger partial charge >= 0.3 is 0 Å². The summed E-state index contributed by atoms with van der Waals surface area (Å²) >= 11 is 0. The Morgan fingerprint density at radius 2 is 1.47 bits per heavy atom. The van der Waals surface area contributed by atoms with E-state index in [1.54, 1.807) is 0 Å². The van der Waals surface area contributed by atoms with E-state index in [0.717, 1.165) is 12.8 Å². The molecule has 0 bridgehead atoms. The second-order valence-corrected chi connectivity index (χ2v) is 6.43. The van der Waals surface area contributed by atoms with Crippen molar-refractivity contribution in [1.29, 1.82) is 0 Å². The fraction of sp³-hybridized carbons (Fsp3) is 1.00. The van der Waals surface area contributed by atoms with Crippen LogP contribution in [-0.4, -0.2) is 56.1 Å². The smallest absolute Gasteiger partial charge is 0.106 e. The lowest BCUT2D eigenvalue weighted by Crippen LogP contribution is -2.50. The Kier molecular flexibility index (Phi) is 4.84. The second-order valence-electron chi connectivity index (χ2n) is 6.43. The van der Waals surface area contributed by atoms with Crippen molar-refractivity contribution in [3.63, 3.8) is 0 Å². The van der Waals surface area contributed by atoms with Gasteiger partial charge in [0, 0.05) is 0 Å². The molecule has 8 atom stereocenters. The standard InChI is InChI=1S/C14H26O5/c1-7-9(5-12(17)14(19)13(7)18)4-8-2-3-10(15)6-11(8)16/h7-19H,2-6H2,1H3. The first-order valence-electron chi connectivity index (χ1n) is 7.30. The lowest BCUT2D eigenvalue weighted by atomic mass is 9.69. The molecule has 0 aromatic heterocycles. The van der Waals surface area contributed by atoms with Crippen molar-refractivity contribution in [2.45, 2.75) is 69.5 Å². The summed E-state index contributed by atoms with van der Waals surface area (Å²) in [5.41, 5.74) is 0. The van der Waals surface area contributed by atoms with E-state index in [2.05, 4.69) is 0 Å². The van der Waals surface area contributed by atoms with E-state index < -0.39 is 30.5 Å². The van der Waals surface area contributed by atoms with Crippen LogP contribution >= 0.6 is 0 Å². The predicted octanol–water partition coefficient (Wildman–Crippen LogP) is -0.363. The van der Waals surface area contributed by atoms with E-state index in [1.807, 2.05) is 6.92 Å². The van der Waals surface area contributed by atoms with Crippen LogP contribution < -0.4 is 0 Å². The van der Waals surface area contributed by atoms with Gasteiger partial charge in [0.15, 0.2) is 0 Å². The Bertz CT molecular complexity index is 298. The number of hydrogen-bond donors (Lipinski definition) is 5. The van der Waals surface area contributed by atoms with Crippen LogP contribution in [0, 0.1) is 17.8 Å². The van der Waals surface area contributed by atoms with Gasteiger partial charge in [-0.15, -0.1) is 0 Å². The van der Waals surface area contributed by atoms with Gasteiger partial charge in [-0.1, -0.05) is 6.92 Å². The summed E-state index contributed by atoms with van der Waals surface area (Å²) in [6.07, 6.45) is -0.672. The van der Waals surface area contributed by atoms with E-state index in [1.165, 1.54) is 0 Å². The van der Waals surface area contributed by atoms with Crippen molar-refractivity contribution in [1.82, 2.24) is 0 Å². The van der Waals surface area contributed by atoms with Crippen molar-refractivity contribution in [3.8, 4) is 0 Å². The van der Waals surface area contributed by atoms with Gasteiger partial charge in [0.05, 0.1) is 24.4 Å². The number of aliphatic hydroxyl groups is 5. The molecule has 0 radical (unpaired) electrons. The molecule has 0 aromatic carbocycles. The molecular weight excluding hydrogens is 248 g/mol. The third-order valence-electron chi connectivity index (χ3n) is 5.10. The van der Waals surface area contributed by atoms with Gasteiger partial charge in [0.1, 0.15) is 6.10 Å². The maximum absolute atomic E-state index is 10.0. The fourth-order valence-electron chi connectivity index (χ4n) is 3.64. The van der Waals surface area contributed by atoms with Crippen molar-refractivity contribution in [2.75, 3.05) is 0 Å². The van der Waals surface area contributed by atoms with E-state index in [0.29, 0.717) is 19.3 Å². The van der Waals surface area contributed by atoms with Crippen LogP contribution in [0.1, 0.15) is 39.0 Å². The third kappa shape index (κ3) is 3.28. The quantitative estimate of drug-likeness (QED) is 0.473. The fourth-order valence-corrected chi connectivity index (χ4v) is 3.64. The Hall–Kier alpha value is -0.200. The lowest BCUT2D eigenvalue weighted by Gasteiger charge is -2.42. The Morgan fingerprint density at radius 3 is 2.11 bits per heavy atom. The molecule has 2 aliphatic rings. The molecule has 8 unspecified atom stereocenters. The lowest BCUT2D eigenvalue weighted by molar-refractivity contribution is -0.132. The average Bonchev–Trinajstić information content (AvgIpc) is 2.36. The maximum atomic E-state index is 10.0. The molecule has 2 rings (SSSR count). The average molecular weight is 274 g/mol. The zero-order valence-electron chi connectivity index (χ0n) is 11.4. The van der Waals surface area contributed by atoms with Crippen LogP contribution in [0.5, 0.6) is 0 Å². The first-order chi connectivity index (χ1) is 8.90. The highest BCUT2D eigenvalue weighted by atomic mass is 16.4. The van der Waals surface area contributed by atoms with Gasteiger partial charge in [0.25, 0.3) is 0 Å². The molecule has 2 saturated carbocycles. The molecule has 5 N–H and O–H groups in total. The van der Waals surface area contributed by atoms with Gasteiger partial charge < -0.3 is 25.5 Å². The maximum Gasteiger partial charge on any atom is 0.106 e. The van der Waals surface area contributed by atoms with Crippen molar-refractivity contribution in [3.05, 3.63) is 0 Å². The summed E-state index contributed by atoms with van der Waals surface area (Å²) in [6.45, 7) is 1.88. The zero-order valence-corrected chi connectivity index (χ0v) is 11.4. The zero-order chi connectivity index (χ0) is 14.2. The van der Waals surface area contributed by atoms with Crippen LogP contribution in [0.2, 0.25) is 0 Å². The summed E-state index contributed by atoms with van der Waals surface area (Å²) in [5.74, 6) is 0.131. The molecule has 19 heavy (non-hydrogen) atoms. The molecule has 0 amide bonds. The molecule has 2 aliphatic carbocycles. The Morgan fingerprint density at radius 1 is 0.789 bits per heavy atom. The van der Waals surface area contributed by atoms with Crippen molar-refractivity contribution in [2.24, 2.45) is 17.8 Å². The van der Waals surface area contributed by atoms with Crippen LogP contribution in [-0.2, 0) is 0 Å². The summed E-state index contributed by atoms with van der Waals surface area (Å²) in [4.78, 5) is 0. The van der Waals surface area contributed by atoms with Crippen LogP contribution in [0.4, 0.5) is 0 Å². The largest absolute Gasteiger partial charge is 0.393 e. The molecule has 5 nitrogen and oxygen atoms in total. The van der Waals surface area contributed by atoms with Crippen LogP contribution in [0.15, 0.2) is 0 Å². The van der Waals surface area contributed by atoms with Gasteiger partial charge in [-0.2, -0.15) is 0 Å². The van der Waals surface area contributed by atoms with Gasteiger partial charge in [-0.25, -0.2) is 0 Å². The molecule has 0 spiro atoms. The second kappa shape index (κ2) is 6.06. The van der Waals surface area contributed by atoms with Crippen molar-refractivity contribution >= 4 is 0 Å². The topological polar surface area (TPSA) is 101 Å². The molecule has 5 heteroatoms. The predicted molar refractivity (Wildman–Crippen MR) is 69.3 cm³/mol. The first kappa shape index (κ1) is 15.2. The summed E-state index contributed by atoms with van der Waals surface area (Å²) in [7, 11) is 0. The normalized spacial score (nSPS) is 52.1. The van der Waals surface area contributed by atoms with Gasteiger partial charge in [-0.05, 0) is 49.9 Å². The highest BCUT2D eigenvalue weighted by Gasteiger charge is 2.42. The number of rotatable bonds is 2. The number of hydrogen-bond acceptors (Lipinski definition) is 5. The Labute approximate surface area is 113 Å². The molecule has 0 aliphatic heterocycles. The summed E-state index contributed by atoms with van der Waals surface area (Å²) in [5, 5.41) is 48.8. The highest BCUT2D eigenvalue weighted by molar-refractivity contribution is 4.92. The first-order valence-corrected chi connectivity index (χ1v) is 7.30. The minimum atomic E-state index is -1.07. The monoisotopic (exact) mass is 274 g/mol. The summed E-state index contributed by atoms with van der Waals surface area (Å²) < 4.78 is 0. The minimum absolute atomic E-state index is 0.0857. The summed E-state index contributed by atoms with van der Waals surface area (Å²) in [6, 6.07) is 0. The van der Waals surface area contributed by atoms with E-state index in [9.17, 15) is 25.5 Å². The Balaban J connectivity index is 1.95. The molecule has 0 aromatic rings. The molecule has 2 fully saturated rings. The molecule has 0 heterocycles. The van der Waals surface area contributed by atoms with E-state index >= 15 is 0 Å². The number of aliphatic hydroxyl groups excluding tert-OH is 5. The van der Waals surface area contributed by atoms with Crippen molar-refractivity contribution < 1.29 is 25.5 Å². The van der Waals surface area contributed by atoms with Crippen LogP contribution in [0.25, 0.3) is 0 Å². The SMILES string of the molecule is CC1C(CC2CCC(O)CC2O)CC(O)C(O)C1O. The van der Waals surface area contributed by atoms with Gasteiger partial charge in [0.2, 0.25) is 0 Å². The molecule has 0 saturated heterocycles. The molecule has 112 valence electrons. The minimum Gasteiger partial charge on any atom is -0.393 e. The molecular formula is C14H26O5. The van der Waals surface area contributed by atoms with Crippen LogP contribution in [0.3, 0.4) is 0 Å². The van der Waals surface area contributed by atoms with E-state index in [-0.39, 0.29) is 17.8 Å². The highest BCUT2D eigenvalue weighted by Crippen LogP contribution is 2.38. The van der Waals surface area contributed by atoms with Gasteiger partial charge in [-0.3, -0.25) is 0 Å². The third-order valence-corrected chi connectivity index (χ3v) is 5.10. The van der Waals surface area contributed by atoms with E-state index in [4.69, 9.17) is 0 Å².